The van der Waals surface area contributed by atoms with Gasteiger partial charge in [0.15, 0.2) is 0 Å². The van der Waals surface area contributed by atoms with Crippen molar-refractivity contribution in [3.8, 4) is 0 Å². The lowest BCUT2D eigenvalue weighted by Crippen LogP contribution is -2.35. The first-order valence-electron chi connectivity index (χ1n) is 9.68. The van der Waals surface area contributed by atoms with Crippen molar-refractivity contribution in [1.29, 1.82) is 0 Å². The molecule has 3 aromatic rings. The van der Waals surface area contributed by atoms with Gasteiger partial charge in [0.1, 0.15) is 18.2 Å². The fraction of sp³-hybridized carbons (Fsp3) is 0.400. The van der Waals surface area contributed by atoms with Gasteiger partial charge in [-0.2, -0.15) is 4.98 Å². The highest BCUT2D eigenvalue weighted by Gasteiger charge is 2.19. The van der Waals surface area contributed by atoms with E-state index in [-0.39, 0.29) is 12.3 Å². The van der Waals surface area contributed by atoms with Gasteiger partial charge in [-0.1, -0.05) is 13.0 Å². The molecule has 1 saturated heterocycles. The normalized spacial score (nSPS) is 16.9. The first kappa shape index (κ1) is 19.1. The topological polar surface area (TPSA) is 84.5 Å². The second-order valence-electron chi connectivity index (χ2n) is 7.60. The zero-order chi connectivity index (χ0) is 20.5. The molecule has 1 amide bonds. The van der Waals surface area contributed by atoms with Crippen molar-refractivity contribution in [2.45, 2.75) is 33.2 Å². The summed E-state index contributed by atoms with van der Waals surface area (Å²) in [5.74, 6) is 0.715. The van der Waals surface area contributed by atoms with Crippen LogP contribution in [-0.4, -0.2) is 38.2 Å². The summed E-state index contributed by atoms with van der Waals surface area (Å²) >= 11 is 0. The van der Waals surface area contributed by atoms with Crippen LogP contribution in [-0.2, 0) is 11.3 Å². The number of hydrogen-bond donors (Lipinski definition) is 1. The Morgan fingerprint density at radius 1 is 1.34 bits per heavy atom. The molecule has 8 nitrogen and oxygen atoms in total. The number of rotatable bonds is 4. The predicted molar refractivity (Wildman–Crippen MR) is 108 cm³/mol. The molecule has 1 aliphatic rings. The molecular weight excluding hydrogens is 375 g/mol. The van der Waals surface area contributed by atoms with Gasteiger partial charge in [-0.05, 0) is 49.4 Å². The SMILES string of the molecule is Cc1ccc(F)cc1NC(=O)Cn1nc2nc(N3CCC[C@H](C)C3)ccn2c1=O. The Hall–Kier alpha value is -3.23. The molecule has 0 unspecified atom stereocenters. The third-order valence-corrected chi connectivity index (χ3v) is 5.19. The van der Waals surface area contributed by atoms with E-state index >= 15 is 0 Å². The number of anilines is 2. The molecule has 3 heterocycles. The zero-order valence-electron chi connectivity index (χ0n) is 16.4. The second kappa shape index (κ2) is 7.65. The summed E-state index contributed by atoms with van der Waals surface area (Å²) in [7, 11) is 0. The number of fused-ring (bicyclic) bond motifs is 1. The van der Waals surface area contributed by atoms with E-state index in [4.69, 9.17) is 0 Å². The van der Waals surface area contributed by atoms with Gasteiger partial charge in [0, 0.05) is 25.0 Å². The summed E-state index contributed by atoms with van der Waals surface area (Å²) in [6.07, 6.45) is 3.94. The smallest absolute Gasteiger partial charge is 0.352 e. The highest BCUT2D eigenvalue weighted by molar-refractivity contribution is 5.91. The molecule has 2 aromatic heterocycles. The number of aromatic nitrogens is 4. The Kier molecular flexibility index (Phi) is 5.04. The number of nitrogens with zero attached hydrogens (tertiary/aromatic N) is 5. The van der Waals surface area contributed by atoms with Gasteiger partial charge < -0.3 is 10.2 Å². The predicted octanol–water partition coefficient (Wildman–Crippen LogP) is 2.21. The van der Waals surface area contributed by atoms with Crippen LogP contribution in [0.2, 0.25) is 0 Å². The molecule has 152 valence electrons. The van der Waals surface area contributed by atoms with Crippen molar-refractivity contribution in [3.63, 3.8) is 0 Å². The summed E-state index contributed by atoms with van der Waals surface area (Å²) in [6.45, 7) is 5.54. The minimum atomic E-state index is -0.464. The van der Waals surface area contributed by atoms with Crippen LogP contribution in [0.5, 0.6) is 0 Å². The maximum Gasteiger partial charge on any atom is 0.352 e. The Labute approximate surface area is 167 Å². The van der Waals surface area contributed by atoms with Crippen LogP contribution in [0.1, 0.15) is 25.3 Å². The zero-order valence-corrected chi connectivity index (χ0v) is 16.4. The van der Waals surface area contributed by atoms with Crippen molar-refractivity contribution in [2.24, 2.45) is 5.92 Å². The molecule has 9 heteroatoms. The minimum absolute atomic E-state index is 0.250. The number of halogens is 1. The Morgan fingerprint density at radius 2 is 2.17 bits per heavy atom. The van der Waals surface area contributed by atoms with Crippen LogP contribution in [0.3, 0.4) is 0 Å². The van der Waals surface area contributed by atoms with E-state index in [9.17, 15) is 14.0 Å². The lowest BCUT2D eigenvalue weighted by molar-refractivity contribution is -0.117. The number of hydrogen-bond acceptors (Lipinski definition) is 5. The van der Waals surface area contributed by atoms with Crippen LogP contribution in [0.15, 0.2) is 35.3 Å². The first-order valence-corrected chi connectivity index (χ1v) is 9.68. The molecule has 1 aromatic carbocycles. The molecule has 0 radical (unpaired) electrons. The van der Waals surface area contributed by atoms with E-state index in [2.05, 4.69) is 27.2 Å². The average molecular weight is 398 g/mol. The number of benzene rings is 1. The van der Waals surface area contributed by atoms with E-state index in [1.807, 2.05) is 0 Å². The third kappa shape index (κ3) is 3.98. The van der Waals surface area contributed by atoms with E-state index in [0.717, 1.165) is 35.6 Å². The third-order valence-electron chi connectivity index (χ3n) is 5.19. The van der Waals surface area contributed by atoms with Crippen LogP contribution >= 0.6 is 0 Å². The molecule has 0 spiro atoms. The number of nitrogens with one attached hydrogen (secondary N) is 1. The molecule has 1 atom stereocenters. The summed E-state index contributed by atoms with van der Waals surface area (Å²) in [5.41, 5.74) is 0.646. The standard InChI is InChI=1S/C20H23FN6O2/c1-13-4-3-8-25(11-13)17-7-9-26-19(23-17)24-27(20(26)29)12-18(28)22-16-10-15(21)6-5-14(16)2/h5-7,9-10,13H,3-4,8,11-12H2,1-2H3,(H,22,28)/t13-/m0/s1. The summed E-state index contributed by atoms with van der Waals surface area (Å²) in [6, 6.07) is 5.95. The maximum atomic E-state index is 13.4. The molecule has 4 rings (SSSR count). The molecule has 1 aliphatic heterocycles. The maximum absolute atomic E-state index is 13.4. The van der Waals surface area contributed by atoms with Gasteiger partial charge in [-0.15, -0.1) is 5.10 Å². The summed E-state index contributed by atoms with van der Waals surface area (Å²) in [4.78, 5) is 31.6. The van der Waals surface area contributed by atoms with Crippen molar-refractivity contribution in [3.05, 3.63) is 52.3 Å². The molecule has 1 fully saturated rings. The number of carbonyl (C=O) groups is 1. The second-order valence-corrected chi connectivity index (χ2v) is 7.60. The van der Waals surface area contributed by atoms with Crippen molar-refractivity contribution in [2.75, 3.05) is 23.3 Å². The largest absolute Gasteiger partial charge is 0.356 e. The van der Waals surface area contributed by atoms with E-state index in [0.29, 0.717) is 11.6 Å². The van der Waals surface area contributed by atoms with Gasteiger partial charge in [0.05, 0.1) is 0 Å². The average Bonchev–Trinajstić information content (AvgIpc) is 2.99. The quantitative estimate of drug-likeness (QED) is 0.728. The monoisotopic (exact) mass is 398 g/mol. The number of aryl methyl sites for hydroxylation is 1. The van der Waals surface area contributed by atoms with Crippen molar-refractivity contribution in [1.82, 2.24) is 19.2 Å². The number of carbonyl (C=O) groups excluding carboxylic acids is 1. The lowest BCUT2D eigenvalue weighted by atomic mass is 10.0. The minimum Gasteiger partial charge on any atom is -0.356 e. The van der Waals surface area contributed by atoms with Gasteiger partial charge in [-0.25, -0.2) is 18.3 Å². The Bertz CT molecular complexity index is 1120. The Balaban J connectivity index is 1.54. The van der Waals surface area contributed by atoms with E-state index in [1.165, 1.54) is 23.0 Å². The number of piperidine rings is 1. The summed E-state index contributed by atoms with van der Waals surface area (Å²) < 4.78 is 15.8. The molecule has 0 aliphatic carbocycles. The molecule has 0 bridgehead atoms. The fourth-order valence-corrected chi connectivity index (χ4v) is 3.63. The van der Waals surface area contributed by atoms with Crippen molar-refractivity contribution >= 4 is 23.2 Å². The van der Waals surface area contributed by atoms with E-state index in [1.54, 1.807) is 25.3 Å². The van der Waals surface area contributed by atoms with Gasteiger partial charge in [-0.3, -0.25) is 4.79 Å². The lowest BCUT2D eigenvalue weighted by Gasteiger charge is -2.31. The van der Waals surface area contributed by atoms with Crippen LogP contribution in [0.25, 0.3) is 5.78 Å². The van der Waals surface area contributed by atoms with E-state index < -0.39 is 17.4 Å². The van der Waals surface area contributed by atoms with Crippen molar-refractivity contribution < 1.29 is 9.18 Å². The van der Waals surface area contributed by atoms with Gasteiger partial charge in [0.25, 0.3) is 5.78 Å². The first-order chi connectivity index (χ1) is 13.9. The molecule has 1 N–H and O–H groups in total. The van der Waals surface area contributed by atoms with Gasteiger partial charge >= 0.3 is 5.69 Å². The highest BCUT2D eigenvalue weighted by atomic mass is 19.1. The Morgan fingerprint density at radius 3 is 2.97 bits per heavy atom. The molecular formula is C20H23FN6O2. The molecule has 0 saturated carbocycles. The van der Waals surface area contributed by atoms with Crippen LogP contribution in [0.4, 0.5) is 15.9 Å². The van der Waals surface area contributed by atoms with Crippen LogP contribution < -0.4 is 15.9 Å². The van der Waals surface area contributed by atoms with Gasteiger partial charge in [0.2, 0.25) is 5.91 Å². The van der Waals surface area contributed by atoms with Crippen LogP contribution in [0, 0.1) is 18.7 Å². The fourth-order valence-electron chi connectivity index (χ4n) is 3.63. The highest BCUT2D eigenvalue weighted by Crippen LogP contribution is 2.21. The molecule has 29 heavy (non-hydrogen) atoms. The number of amides is 1. The summed E-state index contributed by atoms with van der Waals surface area (Å²) in [5, 5.41) is 6.83.